The Morgan fingerprint density at radius 1 is 1.35 bits per heavy atom. The van der Waals surface area contributed by atoms with Gasteiger partial charge in [0.2, 0.25) is 5.91 Å². The number of amides is 1. The number of nitrogens with one attached hydrogen (secondary N) is 2. The molecule has 8 heteroatoms. The zero-order valence-corrected chi connectivity index (χ0v) is 18.6. The number of rotatable bonds is 5. The zero-order chi connectivity index (χ0) is 22.1. The van der Waals surface area contributed by atoms with Gasteiger partial charge in [-0.1, -0.05) is 13.0 Å². The number of benzene rings is 1. The molecular formula is C23H25N3O4S. The molecule has 162 valence electrons. The summed E-state index contributed by atoms with van der Waals surface area (Å²) in [6, 6.07) is 5.09. The molecule has 2 aromatic heterocycles. The lowest BCUT2D eigenvalue weighted by molar-refractivity contribution is -0.116. The molecule has 2 heterocycles. The molecule has 1 aliphatic rings. The van der Waals surface area contributed by atoms with Crippen molar-refractivity contribution in [2.24, 2.45) is 5.92 Å². The van der Waals surface area contributed by atoms with Gasteiger partial charge in [0.05, 0.1) is 18.1 Å². The minimum absolute atomic E-state index is 0.117. The van der Waals surface area contributed by atoms with Gasteiger partial charge in [-0.2, -0.15) is 0 Å². The van der Waals surface area contributed by atoms with Crippen molar-refractivity contribution < 1.29 is 14.3 Å². The molecule has 3 aromatic rings. The van der Waals surface area contributed by atoms with E-state index in [1.54, 1.807) is 36.5 Å². The number of esters is 1. The Bertz CT molecular complexity index is 1230. The zero-order valence-electron chi connectivity index (χ0n) is 17.8. The number of aromatic nitrogens is 2. The summed E-state index contributed by atoms with van der Waals surface area (Å²) in [7, 11) is 1.32. The number of thiophene rings is 1. The third-order valence-electron chi connectivity index (χ3n) is 5.82. The average molecular weight is 440 g/mol. The predicted octanol–water partition coefficient (Wildman–Crippen LogP) is 3.78. The van der Waals surface area contributed by atoms with Crippen LogP contribution in [0.1, 0.15) is 52.0 Å². The van der Waals surface area contributed by atoms with Crippen LogP contribution in [-0.4, -0.2) is 29.0 Å². The topological polar surface area (TPSA) is 101 Å². The lowest BCUT2D eigenvalue weighted by Gasteiger charge is -2.17. The maximum absolute atomic E-state index is 12.7. The van der Waals surface area contributed by atoms with Crippen LogP contribution in [0.15, 0.2) is 23.0 Å². The van der Waals surface area contributed by atoms with Crippen LogP contribution < -0.4 is 10.9 Å². The van der Waals surface area contributed by atoms with Crippen molar-refractivity contribution in [3.05, 3.63) is 55.9 Å². The van der Waals surface area contributed by atoms with Crippen molar-refractivity contribution in [3.63, 3.8) is 0 Å². The first-order valence-corrected chi connectivity index (χ1v) is 11.2. The molecule has 0 radical (unpaired) electrons. The number of nitrogens with zero attached hydrogens (tertiary/aromatic N) is 1. The third kappa shape index (κ3) is 4.25. The van der Waals surface area contributed by atoms with Gasteiger partial charge in [0.25, 0.3) is 5.56 Å². The Morgan fingerprint density at radius 2 is 2.16 bits per heavy atom. The Balaban J connectivity index is 1.48. The number of aryl methyl sites for hydroxylation is 2. The monoisotopic (exact) mass is 439 g/mol. The molecule has 0 saturated heterocycles. The summed E-state index contributed by atoms with van der Waals surface area (Å²) < 4.78 is 4.77. The molecule has 4 rings (SSSR count). The third-order valence-corrected chi connectivity index (χ3v) is 6.96. The van der Waals surface area contributed by atoms with E-state index < -0.39 is 5.97 Å². The van der Waals surface area contributed by atoms with Crippen molar-refractivity contribution in [1.29, 1.82) is 0 Å². The highest BCUT2D eigenvalue weighted by Crippen LogP contribution is 2.35. The first kappa shape index (κ1) is 21.2. The quantitative estimate of drug-likeness (QED) is 0.589. The van der Waals surface area contributed by atoms with E-state index in [1.165, 1.54) is 12.0 Å². The summed E-state index contributed by atoms with van der Waals surface area (Å²) in [6.07, 6.45) is 3.51. The van der Waals surface area contributed by atoms with E-state index in [1.807, 2.05) is 0 Å². The van der Waals surface area contributed by atoms with Crippen LogP contribution in [0.25, 0.3) is 10.2 Å². The van der Waals surface area contributed by atoms with Gasteiger partial charge < -0.3 is 15.0 Å². The number of hydrogen-bond donors (Lipinski definition) is 2. The molecule has 0 bridgehead atoms. The predicted molar refractivity (Wildman–Crippen MR) is 121 cm³/mol. The Labute approximate surface area is 183 Å². The van der Waals surface area contributed by atoms with Crippen LogP contribution in [0.4, 0.5) is 5.69 Å². The van der Waals surface area contributed by atoms with E-state index in [-0.39, 0.29) is 17.9 Å². The first-order valence-electron chi connectivity index (χ1n) is 10.4. The number of methoxy groups -OCH3 is 1. The van der Waals surface area contributed by atoms with Crippen LogP contribution in [0.2, 0.25) is 0 Å². The van der Waals surface area contributed by atoms with Crippen molar-refractivity contribution in [3.8, 4) is 0 Å². The molecule has 0 aliphatic heterocycles. The van der Waals surface area contributed by atoms with Gasteiger partial charge in [-0.3, -0.25) is 9.59 Å². The highest BCUT2D eigenvalue weighted by Gasteiger charge is 2.23. The molecule has 0 saturated carbocycles. The number of aromatic amines is 1. The van der Waals surface area contributed by atoms with Gasteiger partial charge in [-0.25, -0.2) is 9.78 Å². The number of H-pyrrole nitrogens is 1. The minimum Gasteiger partial charge on any atom is -0.465 e. The van der Waals surface area contributed by atoms with Crippen LogP contribution in [-0.2, 0) is 28.8 Å². The van der Waals surface area contributed by atoms with Crippen LogP contribution in [0, 0.1) is 12.8 Å². The van der Waals surface area contributed by atoms with E-state index in [0.717, 1.165) is 35.0 Å². The van der Waals surface area contributed by atoms with Crippen molar-refractivity contribution >= 4 is 39.1 Å². The highest BCUT2D eigenvalue weighted by atomic mass is 32.1. The fraction of sp³-hybridized carbons (Fsp3) is 0.391. The number of carbonyl (C=O) groups is 2. The lowest BCUT2D eigenvalue weighted by atomic mass is 9.89. The Kier molecular flexibility index (Phi) is 5.91. The van der Waals surface area contributed by atoms with E-state index in [9.17, 15) is 14.4 Å². The molecule has 0 spiro atoms. The fourth-order valence-electron chi connectivity index (χ4n) is 4.06. The fourth-order valence-corrected chi connectivity index (χ4v) is 5.46. The number of hydrogen-bond acceptors (Lipinski definition) is 6. The van der Waals surface area contributed by atoms with Crippen molar-refractivity contribution in [1.82, 2.24) is 9.97 Å². The molecular weight excluding hydrogens is 414 g/mol. The molecule has 31 heavy (non-hydrogen) atoms. The van der Waals surface area contributed by atoms with Gasteiger partial charge in [0.15, 0.2) is 0 Å². The van der Waals surface area contributed by atoms with Crippen LogP contribution >= 0.6 is 11.3 Å². The minimum atomic E-state index is -0.447. The molecule has 1 amide bonds. The molecule has 1 aromatic carbocycles. The molecule has 1 unspecified atom stereocenters. The van der Waals surface area contributed by atoms with Crippen LogP contribution in [0.3, 0.4) is 0 Å². The van der Waals surface area contributed by atoms with Gasteiger partial charge in [0, 0.05) is 23.4 Å². The normalized spacial score (nSPS) is 15.5. The van der Waals surface area contributed by atoms with Crippen molar-refractivity contribution in [2.45, 2.75) is 46.0 Å². The second kappa shape index (κ2) is 8.63. The summed E-state index contributed by atoms with van der Waals surface area (Å²) in [4.78, 5) is 46.5. The smallest absolute Gasteiger partial charge is 0.338 e. The molecule has 2 N–H and O–H groups in total. The largest absolute Gasteiger partial charge is 0.465 e. The summed E-state index contributed by atoms with van der Waals surface area (Å²) in [5.74, 6) is 0.479. The standard InChI is InChI=1S/C23H25N3O4S/c1-12-7-8-15-17(11-12)31-22-20(15)21(28)25-18(26-22)9-10-19(27)24-16-6-4-5-14(13(16)2)23(29)30-3/h4-6,12H,7-11H2,1-3H3,(H,24,27)(H,25,26,28). The maximum Gasteiger partial charge on any atom is 0.338 e. The van der Waals surface area contributed by atoms with E-state index in [4.69, 9.17) is 4.74 Å². The first-order chi connectivity index (χ1) is 14.9. The number of anilines is 1. The number of ether oxygens (including phenoxy) is 1. The SMILES string of the molecule is COC(=O)c1cccc(NC(=O)CCc2nc3sc4c(c3c(=O)[nH]2)CCC(C)C4)c1C. The molecule has 1 aliphatic carbocycles. The van der Waals surface area contributed by atoms with E-state index in [0.29, 0.717) is 35.0 Å². The number of carbonyl (C=O) groups excluding carboxylic acids is 2. The Morgan fingerprint density at radius 3 is 2.94 bits per heavy atom. The highest BCUT2D eigenvalue weighted by molar-refractivity contribution is 7.18. The van der Waals surface area contributed by atoms with Gasteiger partial charge in [-0.05, 0) is 55.4 Å². The summed E-state index contributed by atoms with van der Waals surface area (Å²) >= 11 is 1.60. The summed E-state index contributed by atoms with van der Waals surface area (Å²) in [5.41, 5.74) is 2.65. The molecule has 1 atom stereocenters. The van der Waals surface area contributed by atoms with Gasteiger partial charge in [-0.15, -0.1) is 11.3 Å². The average Bonchev–Trinajstić information content (AvgIpc) is 3.11. The van der Waals surface area contributed by atoms with Gasteiger partial charge in [0.1, 0.15) is 10.7 Å². The lowest BCUT2D eigenvalue weighted by Crippen LogP contribution is -2.17. The second-order valence-electron chi connectivity index (χ2n) is 8.06. The van der Waals surface area contributed by atoms with Crippen LogP contribution in [0.5, 0.6) is 0 Å². The maximum atomic E-state index is 12.7. The van der Waals surface area contributed by atoms with Crippen molar-refractivity contribution in [2.75, 3.05) is 12.4 Å². The molecule has 7 nitrogen and oxygen atoms in total. The summed E-state index contributed by atoms with van der Waals surface area (Å²) in [6.45, 7) is 3.99. The van der Waals surface area contributed by atoms with Gasteiger partial charge >= 0.3 is 5.97 Å². The Hall–Kier alpha value is -3.00. The summed E-state index contributed by atoms with van der Waals surface area (Å²) in [5, 5.41) is 3.55. The second-order valence-corrected chi connectivity index (χ2v) is 9.15. The van der Waals surface area contributed by atoms with E-state index >= 15 is 0 Å². The number of fused-ring (bicyclic) bond motifs is 3. The van der Waals surface area contributed by atoms with E-state index in [2.05, 4.69) is 22.2 Å². The molecule has 0 fully saturated rings.